The molecule has 0 aliphatic carbocycles. The molecule has 2 N–H and O–H groups in total. The minimum atomic E-state index is -4.52. The molecule has 0 radical (unpaired) electrons. The van der Waals surface area contributed by atoms with Crippen LogP contribution in [0.15, 0.2) is 18.2 Å². The molecule has 0 aliphatic rings. The van der Waals surface area contributed by atoms with Crippen LogP contribution in [-0.2, 0) is 0 Å². The molecule has 0 spiro atoms. The van der Waals surface area contributed by atoms with Gasteiger partial charge in [-0.15, -0.1) is 0 Å². The molecule has 0 saturated carbocycles. The summed E-state index contributed by atoms with van der Waals surface area (Å²) in [7, 11) is 0. The Labute approximate surface area is 119 Å². The molecule has 21 heavy (non-hydrogen) atoms. The van der Waals surface area contributed by atoms with Crippen molar-refractivity contribution >= 4 is 17.7 Å². The number of amides is 2. The molecule has 2 amide bonds. The fourth-order valence-corrected chi connectivity index (χ4v) is 1.79. The second-order valence-electron chi connectivity index (χ2n) is 4.36. The van der Waals surface area contributed by atoms with Gasteiger partial charge in [-0.1, -0.05) is 12.1 Å². The Morgan fingerprint density at radius 2 is 1.95 bits per heavy atom. The van der Waals surface area contributed by atoms with E-state index in [1.807, 2.05) is 0 Å². The maximum absolute atomic E-state index is 12.3. The van der Waals surface area contributed by atoms with E-state index in [0.717, 1.165) is 0 Å². The van der Waals surface area contributed by atoms with E-state index in [-0.39, 0.29) is 17.8 Å². The lowest BCUT2D eigenvalue weighted by Crippen LogP contribution is -2.41. The van der Waals surface area contributed by atoms with Crippen LogP contribution >= 0.6 is 0 Å². The van der Waals surface area contributed by atoms with E-state index in [2.05, 4.69) is 5.32 Å². The number of carbonyl (C=O) groups is 2. The topological polar surface area (TPSA) is 69.6 Å². The normalized spacial score (nSPS) is 11.1. The molecule has 1 aromatic rings. The summed E-state index contributed by atoms with van der Waals surface area (Å²) in [6.07, 6.45) is -4.52. The van der Waals surface area contributed by atoms with Crippen LogP contribution < -0.4 is 5.32 Å². The summed E-state index contributed by atoms with van der Waals surface area (Å²) in [5.41, 5.74) is 0.223. The average molecular weight is 304 g/mol. The van der Waals surface area contributed by atoms with Crippen LogP contribution in [0.1, 0.15) is 22.8 Å². The van der Waals surface area contributed by atoms with E-state index >= 15 is 0 Å². The maximum atomic E-state index is 12.3. The van der Waals surface area contributed by atoms with E-state index in [9.17, 15) is 22.8 Å². The minimum Gasteiger partial charge on any atom is -0.478 e. The average Bonchev–Trinajstić information content (AvgIpc) is 2.34. The summed E-state index contributed by atoms with van der Waals surface area (Å²) < 4.78 is 37.0. The van der Waals surface area contributed by atoms with E-state index < -0.39 is 24.7 Å². The number of urea groups is 1. The Morgan fingerprint density at radius 1 is 1.33 bits per heavy atom. The van der Waals surface area contributed by atoms with Crippen molar-refractivity contribution in [3.63, 3.8) is 0 Å². The van der Waals surface area contributed by atoms with Crippen LogP contribution in [0.5, 0.6) is 0 Å². The van der Waals surface area contributed by atoms with E-state index in [1.165, 1.54) is 32.0 Å². The Kier molecular flexibility index (Phi) is 5.17. The number of benzene rings is 1. The molecule has 1 aromatic carbocycles. The minimum absolute atomic E-state index is 0.0341. The van der Waals surface area contributed by atoms with Crippen molar-refractivity contribution in [1.29, 1.82) is 0 Å². The lowest BCUT2D eigenvalue weighted by atomic mass is 10.1. The van der Waals surface area contributed by atoms with E-state index in [0.29, 0.717) is 10.5 Å². The third kappa shape index (κ3) is 4.66. The van der Waals surface area contributed by atoms with Gasteiger partial charge >= 0.3 is 18.2 Å². The molecule has 0 aliphatic heterocycles. The number of anilines is 1. The van der Waals surface area contributed by atoms with Crippen molar-refractivity contribution < 1.29 is 27.9 Å². The number of carboxylic acids is 1. The summed E-state index contributed by atoms with van der Waals surface area (Å²) in [5, 5.41) is 11.3. The van der Waals surface area contributed by atoms with Gasteiger partial charge in [0, 0.05) is 6.54 Å². The van der Waals surface area contributed by atoms with Crippen molar-refractivity contribution in [2.24, 2.45) is 0 Å². The summed E-state index contributed by atoms with van der Waals surface area (Å²) in [4.78, 5) is 23.5. The van der Waals surface area contributed by atoms with Crippen LogP contribution in [0.3, 0.4) is 0 Å². The quantitative estimate of drug-likeness (QED) is 0.898. The Hall–Kier alpha value is -2.25. The fourth-order valence-electron chi connectivity index (χ4n) is 1.79. The highest BCUT2D eigenvalue weighted by atomic mass is 19.4. The summed E-state index contributed by atoms with van der Waals surface area (Å²) in [5.74, 6) is -1.26. The van der Waals surface area contributed by atoms with Gasteiger partial charge in [0.2, 0.25) is 0 Å². The predicted octanol–water partition coefficient (Wildman–Crippen LogP) is 3.11. The number of halogens is 3. The second-order valence-corrected chi connectivity index (χ2v) is 4.36. The van der Waals surface area contributed by atoms with Gasteiger partial charge in [-0.25, -0.2) is 9.59 Å². The van der Waals surface area contributed by atoms with Crippen molar-refractivity contribution in [2.45, 2.75) is 20.0 Å². The van der Waals surface area contributed by atoms with Gasteiger partial charge in [0.15, 0.2) is 0 Å². The number of carboxylic acid groups (broad SMARTS) is 1. The number of nitrogens with one attached hydrogen (secondary N) is 1. The van der Waals surface area contributed by atoms with Gasteiger partial charge in [-0.05, 0) is 25.5 Å². The molecule has 0 atom stereocenters. The van der Waals surface area contributed by atoms with E-state index in [1.54, 1.807) is 0 Å². The predicted molar refractivity (Wildman–Crippen MR) is 70.5 cm³/mol. The number of aryl methyl sites for hydroxylation is 1. The van der Waals surface area contributed by atoms with Gasteiger partial charge in [-0.2, -0.15) is 13.2 Å². The standard InChI is InChI=1S/C13H15F3N2O3/c1-3-18(7-13(14,15)16)12(21)17-9-6-4-5-8(2)10(9)11(19)20/h4-6H,3,7H2,1-2H3,(H,17,21)(H,19,20). The van der Waals surface area contributed by atoms with Crippen LogP contribution in [0.4, 0.5) is 23.7 Å². The summed E-state index contributed by atoms with van der Waals surface area (Å²) in [6.45, 7) is 1.38. The molecule has 116 valence electrons. The molecular weight excluding hydrogens is 289 g/mol. The number of hydrogen-bond acceptors (Lipinski definition) is 2. The third-order valence-corrected chi connectivity index (χ3v) is 2.77. The SMILES string of the molecule is CCN(CC(F)(F)F)C(=O)Nc1cccc(C)c1C(=O)O. The largest absolute Gasteiger partial charge is 0.478 e. The molecule has 0 saturated heterocycles. The zero-order valence-corrected chi connectivity index (χ0v) is 11.5. The van der Waals surface area contributed by atoms with Gasteiger partial charge in [-0.3, -0.25) is 0 Å². The first-order valence-corrected chi connectivity index (χ1v) is 6.11. The number of alkyl halides is 3. The lowest BCUT2D eigenvalue weighted by Gasteiger charge is -2.23. The molecule has 1 rings (SSSR count). The van der Waals surface area contributed by atoms with Gasteiger partial charge in [0.05, 0.1) is 11.3 Å². The fraction of sp³-hybridized carbons (Fsp3) is 0.385. The highest BCUT2D eigenvalue weighted by Crippen LogP contribution is 2.21. The van der Waals surface area contributed by atoms with Crippen LogP contribution in [-0.4, -0.2) is 41.3 Å². The van der Waals surface area contributed by atoms with Crippen molar-refractivity contribution in [3.8, 4) is 0 Å². The van der Waals surface area contributed by atoms with Gasteiger partial charge in [0.25, 0.3) is 0 Å². The highest BCUT2D eigenvalue weighted by molar-refractivity contribution is 6.01. The van der Waals surface area contributed by atoms with Crippen LogP contribution in [0.25, 0.3) is 0 Å². The first-order valence-electron chi connectivity index (χ1n) is 6.11. The van der Waals surface area contributed by atoms with Crippen molar-refractivity contribution in [3.05, 3.63) is 29.3 Å². The highest BCUT2D eigenvalue weighted by Gasteiger charge is 2.32. The number of carbonyl (C=O) groups excluding carboxylic acids is 1. The van der Waals surface area contributed by atoms with Gasteiger partial charge in [0.1, 0.15) is 6.54 Å². The van der Waals surface area contributed by atoms with E-state index in [4.69, 9.17) is 5.11 Å². The molecule has 8 heteroatoms. The lowest BCUT2D eigenvalue weighted by molar-refractivity contribution is -0.139. The number of rotatable bonds is 4. The summed E-state index contributed by atoms with van der Waals surface area (Å²) >= 11 is 0. The molecule has 0 bridgehead atoms. The maximum Gasteiger partial charge on any atom is 0.406 e. The van der Waals surface area contributed by atoms with Crippen molar-refractivity contribution in [2.75, 3.05) is 18.4 Å². The molecule has 0 fully saturated rings. The monoisotopic (exact) mass is 304 g/mol. The molecule has 0 heterocycles. The Balaban J connectivity index is 2.97. The number of nitrogens with zero attached hydrogens (tertiary/aromatic N) is 1. The Bertz CT molecular complexity index is 544. The number of hydrogen-bond donors (Lipinski definition) is 2. The summed E-state index contributed by atoms with van der Waals surface area (Å²) in [6, 6.07) is 3.38. The zero-order chi connectivity index (χ0) is 16.2. The third-order valence-electron chi connectivity index (χ3n) is 2.77. The molecule has 0 aromatic heterocycles. The molecule has 5 nitrogen and oxygen atoms in total. The van der Waals surface area contributed by atoms with Gasteiger partial charge < -0.3 is 15.3 Å². The van der Waals surface area contributed by atoms with Crippen molar-refractivity contribution in [1.82, 2.24) is 4.90 Å². The Morgan fingerprint density at radius 3 is 2.43 bits per heavy atom. The van der Waals surface area contributed by atoms with Crippen LogP contribution in [0, 0.1) is 6.92 Å². The first kappa shape index (κ1) is 16.8. The zero-order valence-electron chi connectivity index (χ0n) is 11.5. The molecule has 0 unspecified atom stereocenters. The van der Waals surface area contributed by atoms with Crippen LogP contribution in [0.2, 0.25) is 0 Å². The number of aromatic carboxylic acids is 1. The molecular formula is C13H15F3N2O3. The second kappa shape index (κ2) is 6.47. The smallest absolute Gasteiger partial charge is 0.406 e. The first-order chi connectivity index (χ1) is 9.65.